The van der Waals surface area contributed by atoms with Crippen LogP contribution in [-0.4, -0.2) is 108 Å². The van der Waals surface area contributed by atoms with E-state index < -0.39 is 53.0 Å². The Bertz CT molecular complexity index is 1560. The zero-order valence-corrected chi connectivity index (χ0v) is 25.5. The van der Waals surface area contributed by atoms with Crippen molar-refractivity contribution in [2.45, 2.75) is 61.3 Å². The Morgan fingerprint density at radius 3 is 2.51 bits per heavy atom. The minimum absolute atomic E-state index is 0.0255. The van der Waals surface area contributed by atoms with E-state index >= 15 is 0 Å². The number of fused-ring (bicyclic) bond motifs is 1. The summed E-state index contributed by atoms with van der Waals surface area (Å²) >= 11 is 0. The number of nitrogens with one attached hydrogen (secondary N) is 2. The van der Waals surface area contributed by atoms with Gasteiger partial charge in [-0.05, 0) is 43.0 Å². The molecule has 16 heteroatoms. The van der Waals surface area contributed by atoms with Gasteiger partial charge in [0.25, 0.3) is 10.0 Å². The number of hydrogen-bond donors (Lipinski definition) is 4. The Kier molecular flexibility index (Phi) is 10.5. The predicted molar refractivity (Wildman–Crippen MR) is 160 cm³/mol. The van der Waals surface area contributed by atoms with Crippen LogP contribution >= 0.6 is 0 Å². The summed E-state index contributed by atoms with van der Waals surface area (Å²) in [6.07, 6.45) is -0.882. The molecule has 0 bridgehead atoms. The SMILES string of the molecule is COC(=O)Nc1nc2cc(S(=O)(=O)N(C[C@H](O)[C@H](Cc3ccccc3)N(C(=O)O)C3COCOC3)OC3CCCC3)ccc2[nH]1. The number of rotatable bonds is 12. The predicted octanol–water partition coefficient (Wildman–Crippen LogP) is 2.93. The lowest BCUT2D eigenvalue weighted by molar-refractivity contribution is -0.159. The second-order valence-corrected chi connectivity index (χ2v) is 12.7. The van der Waals surface area contributed by atoms with E-state index in [1.54, 1.807) is 24.3 Å². The van der Waals surface area contributed by atoms with E-state index in [9.17, 15) is 28.2 Å². The van der Waals surface area contributed by atoms with E-state index in [4.69, 9.17) is 14.3 Å². The Morgan fingerprint density at radius 2 is 1.84 bits per heavy atom. The van der Waals surface area contributed by atoms with Gasteiger partial charge >= 0.3 is 12.2 Å². The van der Waals surface area contributed by atoms with Crippen LogP contribution in [0.1, 0.15) is 31.2 Å². The summed E-state index contributed by atoms with van der Waals surface area (Å²) < 4.78 is 44.3. The molecule has 1 saturated carbocycles. The highest BCUT2D eigenvalue weighted by Gasteiger charge is 2.40. The minimum atomic E-state index is -4.40. The van der Waals surface area contributed by atoms with Crippen molar-refractivity contribution in [1.29, 1.82) is 0 Å². The summed E-state index contributed by atoms with van der Waals surface area (Å²) in [4.78, 5) is 38.3. The smallest absolute Gasteiger partial charge is 0.413 e. The van der Waals surface area contributed by atoms with Gasteiger partial charge in [0.1, 0.15) is 6.79 Å². The van der Waals surface area contributed by atoms with Crippen molar-refractivity contribution in [2.24, 2.45) is 0 Å². The standard InChI is InChI=1S/C29H37N5O10S/c1-41-28(36)32-27-30-23-12-11-22(14-24(23)31-27)45(39,40)33(44-21-9-5-6-10-21)15-26(35)25(13-19-7-3-2-4-8-19)34(29(37)38)20-16-42-18-43-17-20/h2-4,7-8,11-12,14,20-21,25-26,35H,5-6,9-10,13,15-18H2,1H3,(H,37,38)(H2,30,31,32,36)/t25-,26-/m0/s1. The lowest BCUT2D eigenvalue weighted by atomic mass is 9.98. The molecular weight excluding hydrogens is 610 g/mol. The number of aliphatic hydroxyl groups is 1. The zero-order chi connectivity index (χ0) is 32.0. The van der Waals surface area contributed by atoms with Gasteiger partial charge in [-0.15, -0.1) is 0 Å². The number of carboxylic acid groups (broad SMARTS) is 1. The monoisotopic (exact) mass is 647 g/mol. The van der Waals surface area contributed by atoms with Crippen LogP contribution in [0, 0.1) is 0 Å². The third-order valence-corrected chi connectivity index (χ3v) is 9.44. The lowest BCUT2D eigenvalue weighted by Gasteiger charge is -2.40. The molecule has 1 saturated heterocycles. The molecule has 5 rings (SSSR count). The fourth-order valence-electron chi connectivity index (χ4n) is 5.58. The number of aromatic amines is 1. The van der Waals surface area contributed by atoms with Crippen molar-refractivity contribution in [3.8, 4) is 0 Å². The number of benzene rings is 2. The first-order chi connectivity index (χ1) is 21.7. The first-order valence-corrected chi connectivity index (χ1v) is 16.0. The molecule has 0 radical (unpaired) electrons. The fraction of sp³-hybridized carbons (Fsp3) is 0.483. The highest BCUT2D eigenvalue weighted by Crippen LogP contribution is 2.28. The number of carbonyl (C=O) groups is 2. The number of methoxy groups -OCH3 is 1. The third kappa shape index (κ3) is 7.89. The second kappa shape index (κ2) is 14.5. The van der Waals surface area contributed by atoms with Gasteiger partial charge in [0.2, 0.25) is 5.95 Å². The number of imidazole rings is 1. The van der Waals surface area contributed by atoms with E-state index in [0.29, 0.717) is 18.4 Å². The van der Waals surface area contributed by atoms with Crippen LogP contribution in [0.2, 0.25) is 0 Å². The van der Waals surface area contributed by atoms with Gasteiger partial charge < -0.3 is 29.4 Å². The van der Waals surface area contributed by atoms with Gasteiger partial charge in [-0.3, -0.25) is 15.1 Å². The van der Waals surface area contributed by atoms with Crippen LogP contribution < -0.4 is 5.32 Å². The highest BCUT2D eigenvalue weighted by atomic mass is 32.2. The molecule has 2 atom stereocenters. The summed E-state index contributed by atoms with van der Waals surface area (Å²) in [5.41, 5.74) is 1.46. The first kappa shape index (κ1) is 32.6. The van der Waals surface area contributed by atoms with Crippen molar-refractivity contribution >= 4 is 39.2 Å². The number of anilines is 1. The molecule has 1 aliphatic heterocycles. The van der Waals surface area contributed by atoms with Gasteiger partial charge in [0.05, 0.1) is 67.1 Å². The molecule has 2 amide bonds. The van der Waals surface area contributed by atoms with E-state index in [-0.39, 0.29) is 42.8 Å². The van der Waals surface area contributed by atoms with Crippen LogP contribution in [0.3, 0.4) is 0 Å². The Hall–Kier alpha value is -3.80. The average molecular weight is 648 g/mol. The number of aromatic nitrogens is 2. The molecule has 4 N–H and O–H groups in total. The molecule has 2 aromatic carbocycles. The molecule has 45 heavy (non-hydrogen) atoms. The quantitative estimate of drug-likeness (QED) is 0.211. The summed E-state index contributed by atoms with van der Waals surface area (Å²) in [7, 11) is -3.20. The highest BCUT2D eigenvalue weighted by molar-refractivity contribution is 7.89. The van der Waals surface area contributed by atoms with Crippen molar-refractivity contribution in [3.05, 3.63) is 54.1 Å². The van der Waals surface area contributed by atoms with Gasteiger partial charge in [-0.1, -0.05) is 47.6 Å². The first-order valence-electron chi connectivity index (χ1n) is 14.6. The Labute approximate surface area is 260 Å². The second-order valence-electron chi connectivity index (χ2n) is 10.9. The molecule has 2 fully saturated rings. The molecule has 3 aromatic rings. The molecule has 0 spiro atoms. The number of nitrogens with zero attached hydrogens (tertiary/aromatic N) is 3. The molecule has 0 unspecified atom stereocenters. The number of aliphatic hydroxyl groups excluding tert-OH is 1. The number of hydrogen-bond acceptors (Lipinski definition) is 10. The summed E-state index contributed by atoms with van der Waals surface area (Å²) in [5, 5.41) is 24.4. The molecule has 244 valence electrons. The van der Waals surface area contributed by atoms with E-state index in [1.165, 1.54) is 25.3 Å². The van der Waals surface area contributed by atoms with Crippen molar-refractivity contribution in [3.63, 3.8) is 0 Å². The van der Waals surface area contributed by atoms with Crippen LogP contribution in [0.25, 0.3) is 11.0 Å². The third-order valence-electron chi connectivity index (χ3n) is 7.82. The average Bonchev–Trinajstić information content (AvgIpc) is 3.70. The van der Waals surface area contributed by atoms with Gasteiger partial charge in [-0.25, -0.2) is 23.0 Å². The van der Waals surface area contributed by atoms with Crippen LogP contribution in [0.4, 0.5) is 15.5 Å². The molecular formula is C29H37N5O10S. The maximum Gasteiger partial charge on any atom is 0.413 e. The number of carbonyl (C=O) groups excluding carboxylic acids is 1. The van der Waals surface area contributed by atoms with Crippen molar-refractivity contribution in [2.75, 3.05) is 39.0 Å². The summed E-state index contributed by atoms with van der Waals surface area (Å²) in [5.74, 6) is 0.0640. The van der Waals surface area contributed by atoms with Crippen LogP contribution in [0.15, 0.2) is 53.4 Å². The maximum atomic E-state index is 14.1. The molecule has 1 aromatic heterocycles. The van der Waals surface area contributed by atoms with Gasteiger partial charge in [0, 0.05) is 0 Å². The number of ether oxygens (including phenoxy) is 3. The topological polar surface area (TPSA) is 193 Å². The summed E-state index contributed by atoms with van der Waals surface area (Å²) in [6, 6.07) is 11.4. The van der Waals surface area contributed by atoms with Crippen molar-refractivity contribution in [1.82, 2.24) is 19.3 Å². The largest absolute Gasteiger partial charge is 0.465 e. The zero-order valence-electron chi connectivity index (χ0n) is 24.7. The van der Waals surface area contributed by atoms with Gasteiger partial charge in [-0.2, -0.15) is 0 Å². The molecule has 2 heterocycles. The molecule has 1 aliphatic carbocycles. The summed E-state index contributed by atoms with van der Waals surface area (Å²) in [6.45, 7) is -0.414. The normalized spacial score (nSPS) is 17.8. The van der Waals surface area contributed by atoms with Gasteiger partial charge in [0.15, 0.2) is 0 Å². The number of amides is 2. The molecule has 15 nitrogen and oxygen atoms in total. The van der Waals surface area contributed by atoms with Crippen molar-refractivity contribution < 1.29 is 47.3 Å². The van der Waals surface area contributed by atoms with E-state index in [2.05, 4.69) is 20.0 Å². The van der Waals surface area contributed by atoms with E-state index in [0.717, 1.165) is 27.8 Å². The maximum absolute atomic E-state index is 14.1. The van der Waals surface area contributed by atoms with E-state index in [1.807, 2.05) is 6.07 Å². The minimum Gasteiger partial charge on any atom is -0.465 e. The number of sulfonamides is 1. The van der Waals surface area contributed by atoms with Crippen LogP contribution in [-0.2, 0) is 35.5 Å². The number of H-pyrrole nitrogens is 1. The molecule has 2 aliphatic rings. The fourth-order valence-corrected chi connectivity index (χ4v) is 6.90. The Balaban J connectivity index is 1.47. The Morgan fingerprint density at radius 1 is 1.13 bits per heavy atom. The lowest BCUT2D eigenvalue weighted by Crippen LogP contribution is -2.59. The van der Waals surface area contributed by atoms with Crippen LogP contribution in [0.5, 0.6) is 0 Å². The number of hydroxylamine groups is 1.